The topological polar surface area (TPSA) is 9.23 Å². The first kappa shape index (κ1) is 20.5. The van der Waals surface area contributed by atoms with Crippen LogP contribution >= 0.6 is 0 Å². The average Bonchev–Trinajstić information content (AvgIpc) is 2.82. The lowest BCUT2D eigenvalue weighted by atomic mass is 9.87. The van der Waals surface area contributed by atoms with E-state index in [1.54, 1.807) is 7.11 Å². The summed E-state index contributed by atoms with van der Waals surface area (Å²) < 4.78 is 5.80. The predicted octanol–water partition coefficient (Wildman–Crippen LogP) is 7.88. The summed E-state index contributed by atoms with van der Waals surface area (Å²) >= 11 is 0. The number of fused-ring (bicyclic) bond motifs is 2. The van der Waals surface area contributed by atoms with E-state index < -0.39 is 8.07 Å². The van der Waals surface area contributed by atoms with Crippen molar-refractivity contribution in [1.29, 1.82) is 0 Å². The first-order valence-electron chi connectivity index (χ1n) is 11.2. The van der Waals surface area contributed by atoms with Crippen LogP contribution in [0.2, 0.25) is 19.6 Å². The number of ether oxygens (including phenoxy) is 1. The van der Waals surface area contributed by atoms with Crippen LogP contribution < -0.4 is 9.92 Å². The molecule has 0 unspecified atom stereocenters. The summed E-state index contributed by atoms with van der Waals surface area (Å²) in [6, 6.07) is 35.1. The Bertz CT molecular complexity index is 1440. The highest BCUT2D eigenvalue weighted by Gasteiger charge is 2.25. The van der Waals surface area contributed by atoms with E-state index in [1.807, 2.05) is 6.07 Å². The number of methoxy groups -OCH3 is 1. The molecule has 0 bridgehead atoms. The van der Waals surface area contributed by atoms with Gasteiger partial charge in [-0.3, -0.25) is 0 Å². The van der Waals surface area contributed by atoms with Crippen LogP contribution in [0, 0.1) is 0 Å². The Labute approximate surface area is 191 Å². The largest absolute Gasteiger partial charge is 0.496 e. The summed E-state index contributed by atoms with van der Waals surface area (Å²) in [5.41, 5.74) is 5.03. The second-order valence-electron chi connectivity index (χ2n) is 9.37. The van der Waals surface area contributed by atoms with Gasteiger partial charge in [-0.2, -0.15) is 0 Å². The Hall–Kier alpha value is -3.36. The lowest BCUT2D eigenvalue weighted by Gasteiger charge is -2.26. The molecule has 0 aliphatic heterocycles. The molecule has 1 nitrogen and oxygen atoms in total. The maximum atomic E-state index is 5.80. The zero-order valence-corrected chi connectivity index (χ0v) is 20.1. The van der Waals surface area contributed by atoms with Crippen LogP contribution in [-0.4, -0.2) is 15.2 Å². The highest BCUT2D eigenvalue weighted by molar-refractivity contribution is 6.90. The average molecular weight is 433 g/mol. The first-order valence-corrected chi connectivity index (χ1v) is 14.7. The van der Waals surface area contributed by atoms with Gasteiger partial charge in [-0.15, -0.1) is 0 Å². The second-order valence-corrected chi connectivity index (χ2v) is 14.4. The fraction of sp³-hybridized carbons (Fsp3) is 0.133. The lowest BCUT2D eigenvalue weighted by molar-refractivity contribution is 0.416. The molecule has 158 valence electrons. The molecule has 0 fully saturated rings. The van der Waals surface area contributed by atoms with E-state index in [0.717, 1.165) is 11.3 Å². The minimum absolute atomic E-state index is 0.902. The van der Waals surface area contributed by atoms with Gasteiger partial charge in [0.15, 0.2) is 0 Å². The first-order chi connectivity index (χ1) is 15.5. The standard InChI is InChI=1S/C30H28OSi/c1-31-27-16-10-9-15-25(27)26-19-17-21-11-5-7-13-23(21)29(26)30-24-14-8-6-12-22(24)18-20-28(30)32(2,3)4/h5-20H,1-4H3. The molecule has 0 aliphatic carbocycles. The van der Waals surface area contributed by atoms with Crippen molar-refractivity contribution in [3.05, 3.63) is 97.1 Å². The molecule has 0 atom stereocenters. The van der Waals surface area contributed by atoms with Gasteiger partial charge in [-0.1, -0.05) is 116 Å². The van der Waals surface area contributed by atoms with E-state index in [9.17, 15) is 0 Å². The zero-order valence-electron chi connectivity index (χ0n) is 19.1. The molecule has 0 saturated heterocycles. The van der Waals surface area contributed by atoms with E-state index in [-0.39, 0.29) is 0 Å². The molecule has 32 heavy (non-hydrogen) atoms. The minimum atomic E-state index is -1.64. The number of para-hydroxylation sites is 1. The Balaban J connectivity index is 2.01. The van der Waals surface area contributed by atoms with Gasteiger partial charge in [0.25, 0.3) is 0 Å². The second kappa shape index (κ2) is 7.96. The van der Waals surface area contributed by atoms with Gasteiger partial charge < -0.3 is 4.74 Å². The molecule has 0 amide bonds. The summed E-state index contributed by atoms with van der Waals surface area (Å²) in [5.74, 6) is 0.902. The molecule has 5 aromatic rings. The van der Waals surface area contributed by atoms with Crippen LogP contribution in [0.4, 0.5) is 0 Å². The van der Waals surface area contributed by atoms with Crippen molar-refractivity contribution in [1.82, 2.24) is 0 Å². The Morgan fingerprint density at radius 3 is 1.75 bits per heavy atom. The highest BCUT2D eigenvalue weighted by atomic mass is 28.3. The minimum Gasteiger partial charge on any atom is -0.496 e. The van der Waals surface area contributed by atoms with Crippen LogP contribution in [0.3, 0.4) is 0 Å². The molecule has 0 N–H and O–H groups in total. The molecular formula is C30H28OSi. The molecule has 0 heterocycles. The van der Waals surface area contributed by atoms with Gasteiger partial charge in [-0.25, -0.2) is 0 Å². The van der Waals surface area contributed by atoms with E-state index >= 15 is 0 Å². The molecular weight excluding hydrogens is 404 g/mol. The Kier molecular flexibility index (Phi) is 5.11. The van der Waals surface area contributed by atoms with E-state index in [2.05, 4.69) is 111 Å². The molecule has 2 heteroatoms. The summed E-state index contributed by atoms with van der Waals surface area (Å²) in [7, 11) is 0.113. The van der Waals surface area contributed by atoms with Crippen molar-refractivity contribution < 1.29 is 4.74 Å². The quantitative estimate of drug-likeness (QED) is 0.262. The van der Waals surface area contributed by atoms with Gasteiger partial charge in [0.1, 0.15) is 5.75 Å². The maximum absolute atomic E-state index is 5.80. The number of rotatable bonds is 4. The summed E-state index contributed by atoms with van der Waals surface area (Å²) in [5, 5.41) is 6.63. The zero-order chi connectivity index (χ0) is 22.3. The normalized spacial score (nSPS) is 11.8. The van der Waals surface area contributed by atoms with Gasteiger partial charge in [0.2, 0.25) is 0 Å². The van der Waals surface area contributed by atoms with Crippen molar-refractivity contribution in [3.8, 4) is 28.0 Å². The van der Waals surface area contributed by atoms with Crippen LogP contribution in [0.5, 0.6) is 5.75 Å². The molecule has 0 saturated carbocycles. The smallest absolute Gasteiger partial charge is 0.126 e. The van der Waals surface area contributed by atoms with Gasteiger partial charge in [-0.05, 0) is 44.3 Å². The maximum Gasteiger partial charge on any atom is 0.126 e. The third-order valence-corrected chi connectivity index (χ3v) is 8.35. The predicted molar refractivity (Wildman–Crippen MR) is 142 cm³/mol. The van der Waals surface area contributed by atoms with Gasteiger partial charge in [0, 0.05) is 5.56 Å². The summed E-state index contributed by atoms with van der Waals surface area (Å²) in [6.45, 7) is 7.32. The third kappa shape index (κ3) is 3.41. The van der Waals surface area contributed by atoms with Crippen molar-refractivity contribution in [2.75, 3.05) is 7.11 Å². The van der Waals surface area contributed by atoms with E-state index in [1.165, 1.54) is 43.4 Å². The molecule has 0 spiro atoms. The van der Waals surface area contributed by atoms with Crippen LogP contribution in [0.25, 0.3) is 43.8 Å². The van der Waals surface area contributed by atoms with Crippen molar-refractivity contribution in [2.45, 2.75) is 19.6 Å². The molecule has 5 rings (SSSR count). The Morgan fingerprint density at radius 2 is 1.09 bits per heavy atom. The van der Waals surface area contributed by atoms with Gasteiger partial charge >= 0.3 is 0 Å². The van der Waals surface area contributed by atoms with E-state index in [4.69, 9.17) is 4.74 Å². The fourth-order valence-corrected chi connectivity index (χ4v) is 6.39. The fourth-order valence-electron chi connectivity index (χ4n) is 4.80. The number of benzene rings is 5. The third-order valence-electron chi connectivity index (χ3n) is 6.31. The molecule has 5 aromatic carbocycles. The summed E-state index contributed by atoms with van der Waals surface area (Å²) in [6.07, 6.45) is 0. The summed E-state index contributed by atoms with van der Waals surface area (Å²) in [4.78, 5) is 0. The number of hydrogen-bond donors (Lipinski definition) is 0. The van der Waals surface area contributed by atoms with Crippen molar-refractivity contribution >= 4 is 34.8 Å². The van der Waals surface area contributed by atoms with E-state index in [0.29, 0.717) is 0 Å². The molecule has 0 radical (unpaired) electrons. The monoisotopic (exact) mass is 432 g/mol. The van der Waals surface area contributed by atoms with Crippen molar-refractivity contribution in [3.63, 3.8) is 0 Å². The van der Waals surface area contributed by atoms with Crippen LogP contribution in [0.1, 0.15) is 0 Å². The SMILES string of the molecule is COc1ccccc1-c1ccc2ccccc2c1-c1c([Si](C)(C)C)ccc2ccccc12. The highest BCUT2D eigenvalue weighted by Crippen LogP contribution is 2.43. The molecule has 0 aliphatic rings. The Morgan fingerprint density at radius 1 is 0.531 bits per heavy atom. The lowest BCUT2D eigenvalue weighted by Crippen LogP contribution is -2.39. The molecule has 0 aromatic heterocycles. The number of hydrogen-bond acceptors (Lipinski definition) is 1. The van der Waals surface area contributed by atoms with Crippen LogP contribution in [0.15, 0.2) is 97.1 Å². The van der Waals surface area contributed by atoms with Gasteiger partial charge in [0.05, 0.1) is 15.2 Å². The van der Waals surface area contributed by atoms with Crippen molar-refractivity contribution in [2.24, 2.45) is 0 Å². The van der Waals surface area contributed by atoms with Crippen LogP contribution in [-0.2, 0) is 0 Å².